The molecule has 2 aromatic rings. The van der Waals surface area contributed by atoms with Gasteiger partial charge in [0.1, 0.15) is 17.0 Å². The van der Waals surface area contributed by atoms with Crippen LogP contribution in [0.1, 0.15) is 51.2 Å². The van der Waals surface area contributed by atoms with Gasteiger partial charge in [-0.15, -0.1) is 0 Å². The highest BCUT2D eigenvalue weighted by Gasteiger charge is 2.41. The molecule has 1 N–H and O–H groups in total. The van der Waals surface area contributed by atoms with Crippen molar-refractivity contribution in [2.24, 2.45) is 0 Å². The van der Waals surface area contributed by atoms with Crippen LogP contribution in [0.25, 0.3) is 0 Å². The summed E-state index contributed by atoms with van der Waals surface area (Å²) in [6, 6.07) is 16.8. The molecular formula is C25H32N2O3. The summed E-state index contributed by atoms with van der Waals surface area (Å²) in [5, 5.41) is 3.50. The molecule has 4 rings (SSSR count). The van der Waals surface area contributed by atoms with Crippen LogP contribution in [0.15, 0.2) is 48.5 Å². The number of hydrogen-bond acceptors (Lipinski definition) is 4. The van der Waals surface area contributed by atoms with Gasteiger partial charge in [0.2, 0.25) is 0 Å². The Labute approximate surface area is 179 Å². The number of nitrogens with zero attached hydrogens (tertiary/aromatic N) is 1. The van der Waals surface area contributed by atoms with Gasteiger partial charge in [0.05, 0.1) is 0 Å². The van der Waals surface area contributed by atoms with E-state index in [1.54, 1.807) is 0 Å². The lowest BCUT2D eigenvalue weighted by Gasteiger charge is -2.44. The van der Waals surface area contributed by atoms with Gasteiger partial charge >= 0.3 is 6.09 Å². The molecule has 30 heavy (non-hydrogen) atoms. The van der Waals surface area contributed by atoms with Crippen molar-refractivity contribution in [3.8, 4) is 5.75 Å². The van der Waals surface area contributed by atoms with Gasteiger partial charge in [-0.2, -0.15) is 0 Å². The van der Waals surface area contributed by atoms with E-state index in [1.165, 1.54) is 11.1 Å². The second-order valence-corrected chi connectivity index (χ2v) is 9.41. The Kier molecular flexibility index (Phi) is 5.63. The Morgan fingerprint density at radius 1 is 1.10 bits per heavy atom. The minimum absolute atomic E-state index is 0.177. The summed E-state index contributed by atoms with van der Waals surface area (Å²) in [6.45, 7) is 7.85. The highest BCUT2D eigenvalue weighted by molar-refractivity contribution is 5.68. The minimum Gasteiger partial charge on any atom is -0.487 e. The van der Waals surface area contributed by atoms with Crippen molar-refractivity contribution in [3.63, 3.8) is 0 Å². The first-order valence-corrected chi connectivity index (χ1v) is 10.9. The zero-order valence-corrected chi connectivity index (χ0v) is 18.2. The molecule has 5 heteroatoms. The molecule has 2 aliphatic rings. The molecule has 0 unspecified atom stereocenters. The first-order valence-electron chi connectivity index (χ1n) is 10.9. The summed E-state index contributed by atoms with van der Waals surface area (Å²) in [5.74, 6) is 0.977. The molecule has 0 radical (unpaired) electrons. The van der Waals surface area contributed by atoms with Crippen molar-refractivity contribution in [3.05, 3.63) is 59.7 Å². The van der Waals surface area contributed by atoms with Crippen molar-refractivity contribution >= 4 is 11.8 Å². The van der Waals surface area contributed by atoms with Gasteiger partial charge in [-0.25, -0.2) is 4.79 Å². The molecule has 0 aromatic heterocycles. The van der Waals surface area contributed by atoms with E-state index in [0.717, 1.165) is 43.7 Å². The standard InChI is InChI=1S/C25H32N2O3/c1-24(2,3)30-23(28)27-15-13-25(14-16-27)12-11-20-9-10-21(17-22(20)29-25)26-18-19-7-5-4-6-8-19/h4-10,17,26H,11-16,18H2,1-3H3. The van der Waals surface area contributed by atoms with Crippen LogP contribution in [0.3, 0.4) is 0 Å². The number of fused-ring (bicyclic) bond motifs is 1. The van der Waals surface area contributed by atoms with Crippen LogP contribution < -0.4 is 10.1 Å². The summed E-state index contributed by atoms with van der Waals surface area (Å²) in [4.78, 5) is 14.2. The molecule has 160 valence electrons. The van der Waals surface area contributed by atoms with Crippen molar-refractivity contribution in [2.45, 2.75) is 64.2 Å². The highest BCUT2D eigenvalue weighted by Crippen LogP contribution is 2.40. The number of amides is 1. The largest absolute Gasteiger partial charge is 0.487 e. The number of carbonyl (C=O) groups is 1. The lowest BCUT2D eigenvalue weighted by molar-refractivity contribution is -0.0272. The maximum atomic E-state index is 12.4. The lowest BCUT2D eigenvalue weighted by Crippen LogP contribution is -2.52. The lowest BCUT2D eigenvalue weighted by atomic mass is 9.83. The average Bonchev–Trinajstić information content (AvgIpc) is 2.72. The van der Waals surface area contributed by atoms with Crippen molar-refractivity contribution in [2.75, 3.05) is 18.4 Å². The molecule has 2 aliphatic heterocycles. The maximum Gasteiger partial charge on any atom is 0.410 e. The summed E-state index contributed by atoms with van der Waals surface area (Å²) in [6.07, 6.45) is 3.47. The van der Waals surface area contributed by atoms with E-state index in [-0.39, 0.29) is 11.7 Å². The van der Waals surface area contributed by atoms with E-state index in [2.05, 4.69) is 47.8 Å². The van der Waals surface area contributed by atoms with Gasteiger partial charge in [0.25, 0.3) is 0 Å². The molecule has 0 atom stereocenters. The summed E-state index contributed by atoms with van der Waals surface area (Å²) >= 11 is 0. The number of piperidine rings is 1. The molecule has 0 bridgehead atoms. The average molecular weight is 409 g/mol. The first kappa shape index (κ1) is 20.6. The van der Waals surface area contributed by atoms with Crippen molar-refractivity contribution in [1.29, 1.82) is 0 Å². The van der Waals surface area contributed by atoms with Crippen LogP contribution >= 0.6 is 0 Å². The van der Waals surface area contributed by atoms with Crippen LogP contribution in [-0.4, -0.2) is 35.3 Å². The first-order chi connectivity index (χ1) is 14.3. The molecule has 0 saturated carbocycles. The van der Waals surface area contributed by atoms with Crippen LogP contribution in [-0.2, 0) is 17.7 Å². The molecular weight excluding hydrogens is 376 g/mol. The number of aryl methyl sites for hydroxylation is 1. The Hall–Kier alpha value is -2.69. The number of nitrogens with one attached hydrogen (secondary N) is 1. The third-order valence-electron chi connectivity index (χ3n) is 5.91. The number of likely N-dealkylation sites (tertiary alicyclic amines) is 1. The SMILES string of the molecule is CC(C)(C)OC(=O)N1CCC2(CCc3ccc(NCc4ccccc4)cc3O2)CC1. The van der Waals surface area contributed by atoms with E-state index in [1.807, 2.05) is 31.7 Å². The molecule has 2 heterocycles. The predicted octanol–water partition coefficient (Wildman–Crippen LogP) is 5.39. The number of ether oxygens (including phenoxy) is 2. The normalized spacial score (nSPS) is 17.8. The molecule has 1 amide bonds. The predicted molar refractivity (Wildman–Crippen MR) is 119 cm³/mol. The van der Waals surface area contributed by atoms with Crippen molar-refractivity contribution < 1.29 is 14.3 Å². The van der Waals surface area contributed by atoms with E-state index in [4.69, 9.17) is 9.47 Å². The zero-order valence-electron chi connectivity index (χ0n) is 18.2. The smallest absolute Gasteiger partial charge is 0.410 e. The Morgan fingerprint density at radius 2 is 1.83 bits per heavy atom. The third-order valence-corrected chi connectivity index (χ3v) is 5.91. The van der Waals surface area contributed by atoms with Crippen LogP contribution in [0, 0.1) is 0 Å². The summed E-state index contributed by atoms with van der Waals surface area (Å²) in [7, 11) is 0. The Bertz CT molecular complexity index is 881. The summed E-state index contributed by atoms with van der Waals surface area (Å²) < 4.78 is 12.1. The van der Waals surface area contributed by atoms with E-state index >= 15 is 0 Å². The minimum atomic E-state index is -0.463. The monoisotopic (exact) mass is 408 g/mol. The maximum absolute atomic E-state index is 12.4. The van der Waals surface area contributed by atoms with Crippen LogP contribution in [0.5, 0.6) is 5.75 Å². The molecule has 1 fully saturated rings. The Balaban J connectivity index is 1.38. The fraction of sp³-hybridized carbons (Fsp3) is 0.480. The van der Waals surface area contributed by atoms with E-state index in [0.29, 0.717) is 13.1 Å². The number of anilines is 1. The van der Waals surface area contributed by atoms with Crippen LogP contribution in [0.4, 0.5) is 10.5 Å². The van der Waals surface area contributed by atoms with Gasteiger partial charge in [0.15, 0.2) is 0 Å². The van der Waals surface area contributed by atoms with Crippen LogP contribution in [0.2, 0.25) is 0 Å². The van der Waals surface area contributed by atoms with Gasteiger partial charge in [0, 0.05) is 44.2 Å². The highest BCUT2D eigenvalue weighted by atomic mass is 16.6. The van der Waals surface area contributed by atoms with Crippen molar-refractivity contribution in [1.82, 2.24) is 4.90 Å². The van der Waals surface area contributed by atoms with Gasteiger partial charge in [-0.1, -0.05) is 36.4 Å². The second kappa shape index (κ2) is 8.21. The second-order valence-electron chi connectivity index (χ2n) is 9.41. The molecule has 1 spiro atoms. The Morgan fingerprint density at radius 3 is 2.53 bits per heavy atom. The topological polar surface area (TPSA) is 50.8 Å². The number of carbonyl (C=O) groups excluding carboxylic acids is 1. The molecule has 0 aliphatic carbocycles. The third kappa shape index (κ3) is 4.89. The van der Waals surface area contributed by atoms with Gasteiger partial charge in [-0.3, -0.25) is 0 Å². The van der Waals surface area contributed by atoms with E-state index in [9.17, 15) is 4.79 Å². The van der Waals surface area contributed by atoms with Gasteiger partial charge < -0.3 is 19.7 Å². The quantitative estimate of drug-likeness (QED) is 0.739. The fourth-order valence-electron chi connectivity index (χ4n) is 4.19. The molecule has 5 nitrogen and oxygen atoms in total. The molecule has 2 aromatic carbocycles. The number of rotatable bonds is 3. The number of hydrogen-bond donors (Lipinski definition) is 1. The zero-order chi connectivity index (χ0) is 21.2. The summed E-state index contributed by atoms with van der Waals surface area (Å²) in [5.41, 5.74) is 2.95. The van der Waals surface area contributed by atoms with Gasteiger partial charge in [-0.05, 0) is 50.8 Å². The molecule has 1 saturated heterocycles. The number of benzene rings is 2. The van der Waals surface area contributed by atoms with E-state index < -0.39 is 5.60 Å². The fourth-order valence-corrected chi connectivity index (χ4v) is 4.19.